The molecular formula is C5H17O20P5. The van der Waals surface area contributed by atoms with Crippen LogP contribution in [-0.4, -0.2) is 74.7 Å². The quantitative estimate of drug-likeness (QED) is 0.0909. The molecule has 0 bridgehead atoms. The maximum atomic E-state index is 11.0. The Hall–Kier alpha value is 0.260. The summed E-state index contributed by atoms with van der Waals surface area (Å²) < 4.78 is 65.6. The summed E-state index contributed by atoms with van der Waals surface area (Å²) in [5, 5.41) is 25.5. The van der Waals surface area contributed by atoms with Crippen molar-refractivity contribution < 1.29 is 94.4 Å². The second-order valence-corrected chi connectivity index (χ2v) is 11.8. The van der Waals surface area contributed by atoms with Crippen molar-refractivity contribution in [1.82, 2.24) is 0 Å². The van der Waals surface area contributed by atoms with E-state index in [1.54, 1.807) is 0 Å². The van der Waals surface area contributed by atoms with Crippen LogP contribution in [0.1, 0.15) is 6.42 Å². The van der Waals surface area contributed by atoms with Crippen molar-refractivity contribution in [3.05, 3.63) is 0 Å². The van der Waals surface area contributed by atoms with E-state index in [9.17, 15) is 27.6 Å². The van der Waals surface area contributed by atoms with Crippen molar-refractivity contribution in [2.45, 2.75) is 18.6 Å². The third-order valence-electron chi connectivity index (χ3n) is 1.80. The second kappa shape index (κ2) is 12.5. The highest BCUT2D eigenvalue weighted by Gasteiger charge is 2.46. The van der Waals surface area contributed by atoms with Crippen LogP contribution in [0.25, 0.3) is 0 Å². The molecule has 4 atom stereocenters. The minimum atomic E-state index is -6.07. The smallest absolute Gasteiger partial charge is 0.394 e. The number of phosphoric acid groups is 5. The molecule has 0 aromatic rings. The molecule has 30 heavy (non-hydrogen) atoms. The molecule has 2 unspecified atom stereocenters. The van der Waals surface area contributed by atoms with Crippen molar-refractivity contribution >= 4 is 45.4 Å². The molecule has 0 aliphatic rings. The van der Waals surface area contributed by atoms with E-state index in [-0.39, 0.29) is 6.42 Å². The van der Waals surface area contributed by atoms with Gasteiger partial charge in [0.05, 0.1) is 12.7 Å². The zero-order valence-corrected chi connectivity index (χ0v) is 18.4. The number of rotatable bonds is 12. The summed E-state index contributed by atoms with van der Waals surface area (Å²) in [7, 11) is -29.3. The first-order chi connectivity index (χ1) is 13.0. The molecule has 0 spiro atoms. The van der Waals surface area contributed by atoms with Gasteiger partial charge in [0.2, 0.25) is 0 Å². The molecule has 25 heteroatoms. The average Bonchev–Trinajstić information content (AvgIpc) is 2.38. The van der Waals surface area contributed by atoms with Crippen molar-refractivity contribution in [3.63, 3.8) is 0 Å². The molecule has 0 aliphatic carbocycles. The van der Waals surface area contributed by atoms with Crippen LogP contribution in [0.4, 0.5) is 0 Å². The molecule has 0 aromatic carbocycles. The van der Waals surface area contributed by atoms with E-state index >= 15 is 0 Å². The Bertz CT molecular complexity index is 726. The maximum Gasteiger partial charge on any atom is 0.490 e. The number of aliphatic hydroxyl groups excluding tert-OH is 3. The van der Waals surface area contributed by atoms with Crippen molar-refractivity contribution in [2.75, 3.05) is 6.61 Å². The summed E-state index contributed by atoms with van der Waals surface area (Å²) in [5.74, 6) is 0. The summed E-state index contributed by atoms with van der Waals surface area (Å²) in [6.45, 7) is -0.519. The number of aliphatic hydroxyl groups is 3. The Balaban J connectivity index is 0. The number of hydrogen-bond donors (Lipinski definition) is 10. The fraction of sp³-hybridized carbons (Fsp3) is 0.800. The lowest BCUT2D eigenvalue weighted by Crippen LogP contribution is -2.29. The van der Waals surface area contributed by atoms with Gasteiger partial charge in [-0.15, -0.1) is 0 Å². The summed E-state index contributed by atoms with van der Waals surface area (Å²) >= 11 is 0. The van der Waals surface area contributed by atoms with Gasteiger partial charge in [-0.25, -0.2) is 22.8 Å². The first kappa shape index (κ1) is 32.4. The highest BCUT2D eigenvalue weighted by atomic mass is 31.3. The molecular weight excluding hydrogens is 535 g/mol. The first-order valence-corrected chi connectivity index (χ1v) is 13.9. The van der Waals surface area contributed by atoms with Gasteiger partial charge in [-0.3, -0.25) is 0 Å². The Morgan fingerprint density at radius 1 is 0.633 bits per heavy atom. The topological polar surface area (TPSA) is 342 Å². The van der Waals surface area contributed by atoms with E-state index in [4.69, 9.17) is 49.6 Å². The minimum absolute atomic E-state index is 0.137. The standard InChI is InChI=1S/C5H10O4.H7O16P5/c6-2-1-4(8)5(9)3-7;1-17(2,3)13-19(7,8)15-21(11,12)16-20(9,10)14-18(4,5)6/h2,4-5,7-9H,1,3H2;(H,7,8)(H,9,10)(H,11,12)(H2,1,2,3)(H2,4,5,6)/t4-,5+;/m0./s1. The van der Waals surface area contributed by atoms with Gasteiger partial charge in [-0.2, -0.15) is 17.2 Å². The minimum Gasteiger partial charge on any atom is -0.394 e. The average molecular weight is 552 g/mol. The third-order valence-corrected chi connectivity index (χ3v) is 8.46. The molecule has 0 fully saturated rings. The van der Waals surface area contributed by atoms with Gasteiger partial charge in [0.25, 0.3) is 0 Å². The third kappa shape index (κ3) is 19.0. The van der Waals surface area contributed by atoms with Gasteiger partial charge in [-0.05, 0) is 0 Å². The van der Waals surface area contributed by atoms with Gasteiger partial charge in [0.15, 0.2) is 0 Å². The molecule has 0 amide bonds. The number of hydrogen-bond acceptors (Lipinski definition) is 13. The van der Waals surface area contributed by atoms with Crippen LogP contribution in [0, 0.1) is 0 Å². The lowest BCUT2D eigenvalue weighted by atomic mass is 10.2. The molecule has 0 saturated heterocycles. The lowest BCUT2D eigenvalue weighted by Gasteiger charge is -2.18. The van der Waals surface area contributed by atoms with Crippen molar-refractivity contribution in [2.24, 2.45) is 0 Å². The molecule has 0 saturated carbocycles. The lowest BCUT2D eigenvalue weighted by molar-refractivity contribution is -0.111. The molecule has 0 aliphatic heterocycles. The van der Waals surface area contributed by atoms with Crippen molar-refractivity contribution in [3.8, 4) is 0 Å². The Morgan fingerprint density at radius 3 is 1.17 bits per heavy atom. The zero-order valence-electron chi connectivity index (χ0n) is 13.9. The van der Waals surface area contributed by atoms with E-state index in [0.29, 0.717) is 6.29 Å². The van der Waals surface area contributed by atoms with Crippen LogP contribution in [-0.2, 0) is 44.9 Å². The van der Waals surface area contributed by atoms with Gasteiger partial charge < -0.3 is 54.4 Å². The van der Waals surface area contributed by atoms with E-state index in [1.807, 2.05) is 0 Å². The monoisotopic (exact) mass is 552 g/mol. The van der Waals surface area contributed by atoms with Gasteiger partial charge in [-0.1, -0.05) is 0 Å². The van der Waals surface area contributed by atoms with Crippen LogP contribution >= 0.6 is 39.1 Å². The zero-order chi connectivity index (χ0) is 24.6. The van der Waals surface area contributed by atoms with Crippen LogP contribution in [0.3, 0.4) is 0 Å². The predicted molar refractivity (Wildman–Crippen MR) is 87.7 cm³/mol. The van der Waals surface area contributed by atoms with Crippen molar-refractivity contribution in [1.29, 1.82) is 0 Å². The first-order valence-electron chi connectivity index (χ1n) is 6.40. The Morgan fingerprint density at radius 2 is 0.933 bits per heavy atom. The fourth-order valence-corrected chi connectivity index (χ4v) is 6.35. The number of carbonyl (C=O) groups is 1. The molecule has 20 nitrogen and oxygen atoms in total. The van der Waals surface area contributed by atoms with Crippen LogP contribution in [0.5, 0.6) is 0 Å². The van der Waals surface area contributed by atoms with Crippen LogP contribution < -0.4 is 0 Å². The predicted octanol–water partition coefficient (Wildman–Crippen LogP) is -2.17. The Labute approximate surface area is 166 Å². The van der Waals surface area contributed by atoms with Crippen LogP contribution in [0.2, 0.25) is 0 Å². The number of carbonyl (C=O) groups excluding carboxylic acids is 1. The molecule has 0 rings (SSSR count). The van der Waals surface area contributed by atoms with Gasteiger partial charge in [0.1, 0.15) is 12.4 Å². The molecule has 0 radical (unpaired) electrons. The summed E-state index contributed by atoms with van der Waals surface area (Å²) in [6, 6.07) is 0. The highest BCUT2D eigenvalue weighted by Crippen LogP contribution is 2.72. The normalized spacial score (nSPS) is 20.5. The summed E-state index contributed by atoms with van der Waals surface area (Å²) in [6.07, 6.45) is -1.98. The SMILES string of the molecule is O=CC[C@H](O)[C@H](O)CO.O=P(O)(O)OP(=O)(O)OP(=O)(O)OP(=O)(O)OP(=O)(O)O. The molecule has 0 aromatic heterocycles. The molecule has 0 heterocycles. The van der Waals surface area contributed by atoms with E-state index < -0.39 is 57.9 Å². The fourth-order valence-electron chi connectivity index (χ4n) is 0.952. The number of aldehydes is 1. The van der Waals surface area contributed by atoms with Crippen LogP contribution in [0.15, 0.2) is 0 Å². The van der Waals surface area contributed by atoms with E-state index in [0.717, 1.165) is 0 Å². The molecule has 182 valence electrons. The molecule has 10 N–H and O–H groups in total. The largest absolute Gasteiger partial charge is 0.490 e. The summed E-state index contributed by atoms with van der Waals surface area (Å²) in [4.78, 5) is 68.4. The highest BCUT2D eigenvalue weighted by molar-refractivity contribution is 7.71. The summed E-state index contributed by atoms with van der Waals surface area (Å²) in [5.41, 5.74) is 0. The second-order valence-electron chi connectivity index (χ2n) is 4.43. The van der Waals surface area contributed by atoms with E-state index in [1.165, 1.54) is 0 Å². The van der Waals surface area contributed by atoms with E-state index in [2.05, 4.69) is 17.2 Å². The maximum absolute atomic E-state index is 11.0. The van der Waals surface area contributed by atoms with Gasteiger partial charge in [0, 0.05) is 6.42 Å². The Kier molecular flexibility index (Phi) is 13.5. The van der Waals surface area contributed by atoms with Gasteiger partial charge >= 0.3 is 39.1 Å².